The number of aliphatic imine (C=N–C) groups is 1. The molecule has 4 aromatic carbocycles. The van der Waals surface area contributed by atoms with Gasteiger partial charge in [0.05, 0.1) is 11.3 Å². The number of likely N-dealkylation sites (N-methyl/N-ethyl adjacent to an activating group) is 1. The van der Waals surface area contributed by atoms with Crippen molar-refractivity contribution in [2.24, 2.45) is 4.99 Å². The molecule has 5 aromatic rings. The maximum atomic E-state index is 13.3. The minimum atomic E-state index is -0.0833. The molecule has 1 aromatic heterocycles. The molecule has 2 heterocycles. The summed E-state index contributed by atoms with van der Waals surface area (Å²) in [5.41, 5.74) is 6.47. The van der Waals surface area contributed by atoms with E-state index in [1.165, 1.54) is 11.3 Å². The second-order valence-electron chi connectivity index (χ2n) is 10.5. The number of carbonyl (C=O) groups is 1. The van der Waals surface area contributed by atoms with Gasteiger partial charge >= 0.3 is 0 Å². The Kier molecular flexibility index (Phi) is 7.52. The van der Waals surface area contributed by atoms with E-state index < -0.39 is 0 Å². The third kappa shape index (κ3) is 6.00. The Balaban J connectivity index is 1.16. The van der Waals surface area contributed by atoms with Crippen LogP contribution in [0.2, 0.25) is 0 Å². The smallest absolute Gasteiger partial charge is 0.198 e. The molecule has 0 unspecified atom stereocenters. The predicted molar refractivity (Wildman–Crippen MR) is 167 cm³/mol. The van der Waals surface area contributed by atoms with Gasteiger partial charge in [-0.1, -0.05) is 54.6 Å². The van der Waals surface area contributed by atoms with Crippen molar-refractivity contribution >= 4 is 40.0 Å². The number of hydrogen-bond acceptors (Lipinski definition) is 6. The lowest BCUT2D eigenvalue weighted by molar-refractivity contribution is 0.103. The van der Waals surface area contributed by atoms with E-state index in [0.29, 0.717) is 28.8 Å². The van der Waals surface area contributed by atoms with Crippen molar-refractivity contribution in [3.05, 3.63) is 119 Å². The number of benzene rings is 4. The maximum Gasteiger partial charge on any atom is 0.198 e. The highest BCUT2D eigenvalue weighted by molar-refractivity contribution is 6.12. The van der Waals surface area contributed by atoms with Gasteiger partial charge in [-0.15, -0.1) is 0 Å². The Bertz CT molecular complexity index is 1680. The first kappa shape index (κ1) is 26.3. The number of piperazine rings is 1. The summed E-state index contributed by atoms with van der Waals surface area (Å²) in [6.45, 7) is 4.83. The molecule has 7 nitrogen and oxygen atoms in total. The summed E-state index contributed by atoms with van der Waals surface area (Å²) in [4.78, 5) is 25.7. The Morgan fingerprint density at radius 1 is 0.902 bits per heavy atom. The zero-order valence-corrected chi connectivity index (χ0v) is 23.0. The maximum absolute atomic E-state index is 13.3. The van der Waals surface area contributed by atoms with Crippen molar-refractivity contribution < 1.29 is 9.90 Å². The number of aromatic nitrogens is 1. The van der Waals surface area contributed by atoms with Gasteiger partial charge in [-0.05, 0) is 55.1 Å². The number of nitrogens with zero attached hydrogens (tertiary/aromatic N) is 3. The van der Waals surface area contributed by atoms with Gasteiger partial charge in [-0.2, -0.15) is 0 Å². The van der Waals surface area contributed by atoms with Gasteiger partial charge in [0.15, 0.2) is 11.7 Å². The van der Waals surface area contributed by atoms with E-state index >= 15 is 0 Å². The summed E-state index contributed by atoms with van der Waals surface area (Å²) in [5, 5.41) is 14.8. The fraction of sp³-hybridized carbons (Fsp3) is 0.176. The van der Waals surface area contributed by atoms with Crippen LogP contribution < -0.4 is 10.2 Å². The Hall–Kier alpha value is -4.88. The molecule has 41 heavy (non-hydrogen) atoms. The normalized spacial score (nSPS) is 14.1. The monoisotopic (exact) mass is 543 g/mol. The third-order valence-corrected chi connectivity index (χ3v) is 7.61. The molecular formula is C34H33N5O2. The van der Waals surface area contributed by atoms with Gasteiger partial charge in [0.1, 0.15) is 0 Å². The SMILES string of the molecule is CN1CCN(c2ccc(N=Cc3c(O)[nH]c4cc(C(=O)c5cccc(NCc6ccccc6)c5)ccc34)cc2)CC1. The molecule has 3 N–H and O–H groups in total. The Labute approximate surface area is 239 Å². The molecule has 0 aliphatic carbocycles. The van der Waals surface area contributed by atoms with Crippen LogP contribution in [0.25, 0.3) is 10.9 Å². The van der Waals surface area contributed by atoms with E-state index in [4.69, 9.17) is 0 Å². The lowest BCUT2D eigenvalue weighted by Gasteiger charge is -2.34. The number of ketones is 1. The molecule has 1 aliphatic rings. The fourth-order valence-corrected chi connectivity index (χ4v) is 5.17. The average Bonchev–Trinajstić information content (AvgIpc) is 3.33. The number of carbonyl (C=O) groups excluding carboxylic acids is 1. The number of hydrogen-bond donors (Lipinski definition) is 3. The van der Waals surface area contributed by atoms with Crippen LogP contribution in [0.3, 0.4) is 0 Å². The number of H-pyrrole nitrogens is 1. The van der Waals surface area contributed by atoms with Gasteiger partial charge < -0.3 is 25.2 Å². The Morgan fingerprint density at radius 2 is 1.66 bits per heavy atom. The molecule has 0 bridgehead atoms. The molecule has 7 heteroatoms. The molecule has 0 radical (unpaired) electrons. The van der Waals surface area contributed by atoms with Gasteiger partial charge in [0.25, 0.3) is 0 Å². The Morgan fingerprint density at radius 3 is 2.44 bits per heavy atom. The summed E-state index contributed by atoms with van der Waals surface area (Å²) >= 11 is 0. The quantitative estimate of drug-likeness (QED) is 0.160. The molecule has 0 saturated carbocycles. The van der Waals surface area contributed by atoms with E-state index in [2.05, 4.69) is 56.4 Å². The van der Waals surface area contributed by atoms with E-state index in [1.54, 1.807) is 18.3 Å². The first-order valence-electron chi connectivity index (χ1n) is 13.9. The van der Waals surface area contributed by atoms with Gasteiger partial charge in [-0.3, -0.25) is 9.79 Å². The highest BCUT2D eigenvalue weighted by Crippen LogP contribution is 2.29. The highest BCUT2D eigenvalue weighted by atomic mass is 16.3. The largest absolute Gasteiger partial charge is 0.494 e. The molecular weight excluding hydrogens is 510 g/mol. The predicted octanol–water partition coefficient (Wildman–Crippen LogP) is 6.22. The van der Waals surface area contributed by atoms with Crippen LogP contribution in [0, 0.1) is 0 Å². The van der Waals surface area contributed by atoms with Crippen LogP contribution in [0.5, 0.6) is 5.88 Å². The number of nitrogens with one attached hydrogen (secondary N) is 2. The first-order chi connectivity index (χ1) is 20.0. The van der Waals surface area contributed by atoms with Crippen LogP contribution in [0.4, 0.5) is 17.1 Å². The number of aromatic hydroxyl groups is 1. The number of rotatable bonds is 8. The molecule has 0 atom stereocenters. The average molecular weight is 544 g/mol. The zero-order valence-electron chi connectivity index (χ0n) is 23.0. The molecule has 1 fully saturated rings. The standard InChI is InChI=1S/C34H33N5O2/c1-38-16-18-39(19-17-38)29-13-11-27(12-14-29)36-23-31-30-15-10-26(21-32(30)37-34(31)41)33(40)25-8-5-9-28(20-25)35-22-24-6-3-2-4-7-24/h2-15,20-21,23,35,37,41H,16-19,22H2,1H3. The summed E-state index contributed by atoms with van der Waals surface area (Å²) < 4.78 is 0. The summed E-state index contributed by atoms with van der Waals surface area (Å²) in [6.07, 6.45) is 1.67. The second kappa shape index (κ2) is 11.7. The topological polar surface area (TPSA) is 84.0 Å². The molecule has 206 valence electrons. The second-order valence-corrected chi connectivity index (χ2v) is 10.5. The summed E-state index contributed by atoms with van der Waals surface area (Å²) in [5.74, 6) is -0.0606. The van der Waals surface area contributed by atoms with Crippen molar-refractivity contribution in [3.63, 3.8) is 0 Å². The van der Waals surface area contributed by atoms with E-state index in [0.717, 1.165) is 42.9 Å². The molecule has 0 spiro atoms. The van der Waals surface area contributed by atoms with Crippen molar-refractivity contribution in [2.75, 3.05) is 43.4 Å². The van der Waals surface area contributed by atoms with Crippen LogP contribution in [0.1, 0.15) is 27.0 Å². The van der Waals surface area contributed by atoms with Crippen molar-refractivity contribution in [1.29, 1.82) is 0 Å². The van der Waals surface area contributed by atoms with Crippen LogP contribution >= 0.6 is 0 Å². The lowest BCUT2D eigenvalue weighted by Crippen LogP contribution is -2.44. The van der Waals surface area contributed by atoms with Crippen molar-refractivity contribution in [2.45, 2.75) is 6.54 Å². The highest BCUT2D eigenvalue weighted by Gasteiger charge is 2.16. The first-order valence-corrected chi connectivity index (χ1v) is 13.9. The number of anilines is 2. The van der Waals surface area contributed by atoms with Crippen molar-refractivity contribution in [3.8, 4) is 5.88 Å². The molecule has 6 rings (SSSR count). The number of aromatic amines is 1. The van der Waals surface area contributed by atoms with Crippen LogP contribution in [-0.2, 0) is 6.54 Å². The van der Waals surface area contributed by atoms with Crippen LogP contribution in [-0.4, -0.2) is 60.2 Å². The minimum absolute atomic E-state index is 0.0227. The fourth-order valence-electron chi connectivity index (χ4n) is 5.17. The van der Waals surface area contributed by atoms with Crippen molar-refractivity contribution in [1.82, 2.24) is 9.88 Å². The van der Waals surface area contributed by atoms with Gasteiger partial charge in [-0.25, -0.2) is 0 Å². The lowest BCUT2D eigenvalue weighted by atomic mass is 10.0. The molecule has 1 saturated heterocycles. The van der Waals surface area contributed by atoms with E-state index in [9.17, 15) is 9.90 Å². The van der Waals surface area contributed by atoms with Crippen LogP contribution in [0.15, 0.2) is 102 Å². The number of fused-ring (bicyclic) bond motifs is 1. The van der Waals surface area contributed by atoms with Gasteiger partial charge in [0.2, 0.25) is 0 Å². The summed E-state index contributed by atoms with van der Waals surface area (Å²) in [7, 11) is 2.15. The van der Waals surface area contributed by atoms with Gasteiger partial charge in [0, 0.05) is 72.3 Å². The summed E-state index contributed by atoms with van der Waals surface area (Å²) in [6, 6.07) is 31.3. The zero-order chi connectivity index (χ0) is 28.2. The van der Waals surface area contributed by atoms with E-state index in [-0.39, 0.29) is 11.7 Å². The van der Waals surface area contributed by atoms with E-state index in [1.807, 2.05) is 60.7 Å². The minimum Gasteiger partial charge on any atom is -0.494 e. The molecule has 1 aliphatic heterocycles. The third-order valence-electron chi connectivity index (χ3n) is 7.61. The molecule has 0 amide bonds.